The van der Waals surface area contributed by atoms with E-state index in [2.05, 4.69) is 42.2 Å². The van der Waals surface area contributed by atoms with Gasteiger partial charge in [-0.25, -0.2) is 38.3 Å². The highest BCUT2D eigenvalue weighted by molar-refractivity contribution is 8.44. The lowest BCUT2D eigenvalue weighted by Crippen LogP contribution is -2.36. The number of rotatable bonds is 2. The molecule has 0 spiro atoms. The minimum Gasteiger partial charge on any atom is -0.386 e. The Kier molecular flexibility index (Phi) is 7.55. The molecule has 2 unspecified atom stereocenters. The van der Waals surface area contributed by atoms with Gasteiger partial charge < -0.3 is 34.7 Å². The molecule has 0 amide bonds. The highest BCUT2D eigenvalue weighted by atomic mass is 32.7. The van der Waals surface area contributed by atoms with Gasteiger partial charge in [0.05, 0.1) is 25.9 Å². The molecule has 3 fully saturated rings. The van der Waals surface area contributed by atoms with Crippen LogP contribution in [0.5, 0.6) is 0 Å². The third kappa shape index (κ3) is 5.30. The number of aliphatic hydroxyl groups excluding tert-OH is 1. The third-order valence-electron chi connectivity index (χ3n) is 7.91. The second-order valence-corrected chi connectivity index (χ2v) is 16.4. The SMILES string of the molecule is Nc1ncnc2c1ncn2[C@@H]1O[C@@H]2COP(O)(=S)O[C@H]3[C@@H](O)[C@H](n4cnc5c(=O)n6ccnc6[nH]c54)O[C@@H]3COP(=O)(S)O[C@@H]1[C@H]2F. The second-order valence-electron chi connectivity index (χ2n) is 10.7. The highest BCUT2D eigenvalue weighted by Gasteiger charge is 2.53. The number of aromatic nitrogens is 9. The number of nitrogens with one attached hydrogen (secondary N) is 1. The lowest BCUT2D eigenvalue weighted by Gasteiger charge is -2.27. The molecule has 3 aliphatic heterocycles. The van der Waals surface area contributed by atoms with Gasteiger partial charge in [-0.1, -0.05) is 12.2 Å². The number of nitrogen functional groups attached to an aromatic ring is 1. The van der Waals surface area contributed by atoms with Crippen LogP contribution >= 0.6 is 25.8 Å². The molecule has 8 rings (SSSR count). The van der Waals surface area contributed by atoms with Crippen LogP contribution in [0.4, 0.5) is 10.2 Å². The monoisotopic (exact) mass is 732 g/mol. The van der Waals surface area contributed by atoms with Gasteiger partial charge in [0.2, 0.25) is 5.78 Å². The van der Waals surface area contributed by atoms with E-state index >= 15 is 4.39 Å². The molecule has 20 nitrogen and oxygen atoms in total. The van der Waals surface area contributed by atoms with Crippen LogP contribution < -0.4 is 11.3 Å². The van der Waals surface area contributed by atoms with Gasteiger partial charge in [0, 0.05) is 12.4 Å². The van der Waals surface area contributed by atoms with Gasteiger partial charge in [-0.3, -0.25) is 27.5 Å². The Balaban J connectivity index is 1.12. The van der Waals surface area contributed by atoms with Gasteiger partial charge in [-0.05, 0) is 11.8 Å². The van der Waals surface area contributed by atoms with Gasteiger partial charge in [0.15, 0.2) is 35.6 Å². The molecule has 8 heterocycles. The Bertz CT molecular complexity index is 2180. The van der Waals surface area contributed by atoms with E-state index in [1.165, 1.54) is 44.9 Å². The number of nitrogens with two attached hydrogens (primary N) is 1. The average molecular weight is 733 g/mol. The van der Waals surface area contributed by atoms with E-state index in [9.17, 15) is 19.4 Å². The predicted octanol–water partition coefficient (Wildman–Crippen LogP) is 0.360. The van der Waals surface area contributed by atoms with Gasteiger partial charge in [0.1, 0.15) is 48.0 Å². The van der Waals surface area contributed by atoms with Crippen LogP contribution in [0.25, 0.3) is 28.1 Å². The van der Waals surface area contributed by atoms with Crippen LogP contribution in [0.15, 0.2) is 36.2 Å². The first-order chi connectivity index (χ1) is 22.4. The molecule has 250 valence electrons. The Morgan fingerprint density at radius 2 is 1.77 bits per heavy atom. The van der Waals surface area contributed by atoms with Crippen molar-refractivity contribution in [2.24, 2.45) is 0 Å². The molecule has 0 aliphatic carbocycles. The standard InChI is InChI=1S/C22H23FN10O10P2S2/c23-10-8-3-38-44(36,46)42-14-9(41-20(13(14)34)33-7-29-12-18(33)30-22-25-1-2-31(22)19(12)35)4-39-45(37,47)43-15(10)21(40-8)32-6-28-11-16(24)26-5-27-17(11)32/h1-2,5-10,13-15,20-21,34H,3-4H2,(H,25,30)(H,36,46)(H,37,47)(H2,24,26,27)/t8-,9-,10+,13-,14-,15-,20-,21-,44?,45?/m1/s1. The van der Waals surface area contributed by atoms with E-state index in [1.807, 2.05) is 0 Å². The van der Waals surface area contributed by atoms with Gasteiger partial charge in [-0.2, -0.15) is 0 Å². The number of fused-ring (bicyclic) bond motifs is 6. The molecule has 5 aromatic heterocycles. The van der Waals surface area contributed by atoms with E-state index in [-0.39, 0.29) is 33.9 Å². The number of hydrogen-bond acceptors (Lipinski definition) is 16. The molecule has 25 heteroatoms. The molecule has 0 aromatic carbocycles. The summed E-state index contributed by atoms with van der Waals surface area (Å²) in [4.78, 5) is 47.3. The minimum absolute atomic E-state index is 0.0140. The normalized spacial score (nSPS) is 36.8. The molecule has 2 bridgehead atoms. The van der Waals surface area contributed by atoms with Crippen molar-refractivity contribution in [3.63, 3.8) is 0 Å². The van der Waals surface area contributed by atoms with Crippen molar-refractivity contribution in [3.8, 4) is 0 Å². The molecular formula is C22H23FN10O10P2S2. The summed E-state index contributed by atoms with van der Waals surface area (Å²) in [6.07, 6.45) is -5.43. The van der Waals surface area contributed by atoms with Crippen molar-refractivity contribution in [3.05, 3.63) is 41.7 Å². The van der Waals surface area contributed by atoms with Crippen LogP contribution in [-0.2, 0) is 43.9 Å². The van der Waals surface area contributed by atoms with Crippen LogP contribution in [-0.4, -0.2) is 103 Å². The average Bonchev–Trinajstić information content (AvgIpc) is 3.85. The number of ether oxygens (including phenoxy) is 2. The fourth-order valence-electron chi connectivity index (χ4n) is 5.75. The summed E-state index contributed by atoms with van der Waals surface area (Å²) in [6, 6.07) is 0. The van der Waals surface area contributed by atoms with E-state index in [0.717, 1.165) is 0 Å². The number of aromatic amines is 1. The zero-order valence-corrected chi connectivity index (χ0v) is 26.9. The quantitative estimate of drug-likeness (QED) is 0.121. The third-order valence-corrected chi connectivity index (χ3v) is 11.1. The molecule has 5 N–H and O–H groups in total. The molecule has 0 radical (unpaired) electrons. The number of aliphatic hydroxyl groups is 1. The molecule has 3 aliphatic rings. The number of imidazole rings is 3. The van der Waals surface area contributed by atoms with Crippen LogP contribution in [0.2, 0.25) is 0 Å². The minimum atomic E-state index is -4.42. The van der Waals surface area contributed by atoms with Gasteiger partial charge >= 0.3 is 13.5 Å². The summed E-state index contributed by atoms with van der Waals surface area (Å²) in [7, 11) is 0. The molecular weight excluding hydrogens is 709 g/mol. The zero-order valence-electron chi connectivity index (χ0n) is 23.4. The van der Waals surface area contributed by atoms with Crippen molar-refractivity contribution in [2.75, 3.05) is 18.9 Å². The molecule has 47 heavy (non-hydrogen) atoms. The van der Waals surface area contributed by atoms with E-state index in [0.29, 0.717) is 0 Å². The Morgan fingerprint density at radius 1 is 1.02 bits per heavy atom. The second kappa shape index (κ2) is 11.3. The fraction of sp³-hybridized carbons (Fsp3) is 0.455. The number of anilines is 1. The first kappa shape index (κ1) is 31.4. The van der Waals surface area contributed by atoms with Crippen molar-refractivity contribution in [2.45, 2.75) is 49.1 Å². The summed E-state index contributed by atoms with van der Waals surface area (Å²) < 4.78 is 67.5. The summed E-state index contributed by atoms with van der Waals surface area (Å²) in [5, 5.41) is 11.4. The molecule has 5 aromatic rings. The Morgan fingerprint density at radius 3 is 2.60 bits per heavy atom. The maximum atomic E-state index is 15.9. The van der Waals surface area contributed by atoms with Gasteiger partial charge in [-0.15, -0.1) is 0 Å². The number of H-pyrrole nitrogens is 1. The van der Waals surface area contributed by atoms with Gasteiger partial charge in [0.25, 0.3) is 5.56 Å². The lowest BCUT2D eigenvalue weighted by atomic mass is 10.1. The molecule has 10 atom stereocenters. The largest absolute Gasteiger partial charge is 0.386 e. The number of nitrogens with zero attached hydrogens (tertiary/aromatic N) is 8. The number of halogens is 1. The number of hydrogen-bond donors (Lipinski definition) is 5. The number of alkyl halides is 1. The van der Waals surface area contributed by atoms with Crippen LogP contribution in [0, 0.1) is 0 Å². The van der Waals surface area contributed by atoms with Crippen molar-refractivity contribution in [1.29, 1.82) is 0 Å². The summed E-state index contributed by atoms with van der Waals surface area (Å²) in [5.74, 6) is 0.257. The van der Waals surface area contributed by atoms with Crippen LogP contribution in [0.1, 0.15) is 12.5 Å². The highest BCUT2D eigenvalue weighted by Crippen LogP contribution is 2.58. The topological polar surface area (TPSA) is 251 Å². The van der Waals surface area contributed by atoms with E-state index in [4.69, 9.17) is 45.1 Å². The molecule has 0 saturated carbocycles. The van der Waals surface area contributed by atoms with Crippen molar-refractivity contribution < 1.29 is 46.5 Å². The van der Waals surface area contributed by atoms with E-state index < -0.39 is 81.4 Å². The zero-order chi connectivity index (χ0) is 32.8. The summed E-state index contributed by atoms with van der Waals surface area (Å²) >= 11 is 9.27. The smallest absolute Gasteiger partial charge is 0.386 e. The van der Waals surface area contributed by atoms with E-state index in [1.54, 1.807) is 0 Å². The number of thiol groups is 1. The molecule has 3 saturated heterocycles. The van der Waals surface area contributed by atoms with Crippen molar-refractivity contribution >= 4 is 71.5 Å². The Labute approximate surface area is 270 Å². The summed E-state index contributed by atoms with van der Waals surface area (Å²) in [5.41, 5.74) is 5.94. The fourth-order valence-corrected chi connectivity index (χ4v) is 8.65. The first-order valence-corrected chi connectivity index (χ1v) is 19.0. The van der Waals surface area contributed by atoms with Crippen LogP contribution in [0.3, 0.4) is 0 Å². The lowest BCUT2D eigenvalue weighted by molar-refractivity contribution is -0.0584. The van der Waals surface area contributed by atoms with Crippen molar-refractivity contribution in [1.82, 2.24) is 43.4 Å². The maximum Gasteiger partial charge on any atom is 0.386 e. The predicted molar refractivity (Wildman–Crippen MR) is 162 cm³/mol. The maximum absolute atomic E-state index is 15.9. The first-order valence-electron chi connectivity index (χ1n) is 13.7. The summed E-state index contributed by atoms with van der Waals surface area (Å²) in [6.45, 7) is -9.93. The Hall–Kier alpha value is -2.92.